The van der Waals surface area contributed by atoms with E-state index >= 15 is 0 Å². The highest BCUT2D eigenvalue weighted by atomic mass is 16.7. The lowest BCUT2D eigenvalue weighted by molar-refractivity contribution is -0.150. The number of carbonyl (C=O) groups excluding carboxylic acids is 3. The minimum Gasteiger partial charge on any atom is -0.454 e. The van der Waals surface area contributed by atoms with Gasteiger partial charge in [-0.2, -0.15) is 0 Å². The first-order chi connectivity index (χ1) is 13.5. The number of esters is 1. The first-order valence-corrected chi connectivity index (χ1v) is 8.46. The van der Waals surface area contributed by atoms with Crippen molar-refractivity contribution in [1.29, 1.82) is 0 Å². The maximum absolute atomic E-state index is 12.0. The second kappa shape index (κ2) is 8.72. The average molecular weight is 382 g/mol. The molecule has 0 fully saturated rings. The van der Waals surface area contributed by atoms with Gasteiger partial charge < -0.3 is 14.2 Å². The maximum atomic E-state index is 12.0. The van der Waals surface area contributed by atoms with Crippen molar-refractivity contribution in [3.8, 4) is 11.5 Å². The van der Waals surface area contributed by atoms with Gasteiger partial charge in [0.15, 0.2) is 17.6 Å². The van der Waals surface area contributed by atoms with Crippen molar-refractivity contribution < 1.29 is 28.6 Å². The molecule has 3 rings (SSSR count). The Morgan fingerprint density at radius 1 is 1.04 bits per heavy atom. The standard InChI is InChI=1S/C20H18N2O6/c1-13(19(24)21-22-20(25)15-5-3-2-4-6-15)28-18(23)10-8-14-7-9-16-17(11-14)27-12-26-16/h2-11,13H,12H2,1H3,(H,21,24)(H,22,25)/b10-8+/t13-/m1/s1. The summed E-state index contributed by atoms with van der Waals surface area (Å²) in [6.07, 6.45) is 1.64. The Hall–Kier alpha value is -3.81. The van der Waals surface area contributed by atoms with Crippen LogP contribution in [0.1, 0.15) is 22.8 Å². The quantitative estimate of drug-likeness (QED) is 0.465. The topological polar surface area (TPSA) is 103 Å². The second-order valence-electron chi connectivity index (χ2n) is 5.83. The summed E-state index contributed by atoms with van der Waals surface area (Å²) in [5, 5.41) is 0. The van der Waals surface area contributed by atoms with Crippen LogP contribution in [0, 0.1) is 0 Å². The minimum absolute atomic E-state index is 0.165. The molecule has 1 aliphatic rings. The highest BCUT2D eigenvalue weighted by Crippen LogP contribution is 2.32. The average Bonchev–Trinajstić information content (AvgIpc) is 3.18. The van der Waals surface area contributed by atoms with Gasteiger partial charge in [-0.3, -0.25) is 20.4 Å². The second-order valence-corrected chi connectivity index (χ2v) is 5.83. The van der Waals surface area contributed by atoms with Gasteiger partial charge in [0.05, 0.1) is 0 Å². The van der Waals surface area contributed by atoms with E-state index in [1.165, 1.54) is 19.1 Å². The molecule has 0 bridgehead atoms. The van der Waals surface area contributed by atoms with Crippen LogP contribution in [0.3, 0.4) is 0 Å². The first kappa shape index (κ1) is 19.0. The molecule has 1 aliphatic heterocycles. The summed E-state index contributed by atoms with van der Waals surface area (Å²) in [4.78, 5) is 35.7. The van der Waals surface area contributed by atoms with Gasteiger partial charge >= 0.3 is 5.97 Å². The number of amides is 2. The molecule has 2 N–H and O–H groups in total. The number of hydrazine groups is 1. The molecule has 28 heavy (non-hydrogen) atoms. The zero-order valence-corrected chi connectivity index (χ0v) is 15.0. The van der Waals surface area contributed by atoms with E-state index in [2.05, 4.69) is 10.9 Å². The third-order valence-corrected chi connectivity index (χ3v) is 3.81. The van der Waals surface area contributed by atoms with Crippen LogP contribution in [0.25, 0.3) is 6.08 Å². The van der Waals surface area contributed by atoms with E-state index < -0.39 is 23.9 Å². The van der Waals surface area contributed by atoms with E-state index in [1.807, 2.05) is 0 Å². The molecule has 0 spiro atoms. The zero-order valence-electron chi connectivity index (χ0n) is 15.0. The smallest absolute Gasteiger partial charge is 0.331 e. The van der Waals surface area contributed by atoms with Gasteiger partial charge in [0.25, 0.3) is 11.8 Å². The van der Waals surface area contributed by atoms with Crippen LogP contribution in [0.5, 0.6) is 11.5 Å². The summed E-state index contributed by atoms with van der Waals surface area (Å²) in [7, 11) is 0. The van der Waals surface area contributed by atoms with Crippen LogP contribution in [0.4, 0.5) is 0 Å². The molecule has 0 aromatic heterocycles. The van der Waals surface area contributed by atoms with Crippen LogP contribution in [-0.4, -0.2) is 30.7 Å². The molecule has 8 nitrogen and oxygen atoms in total. The number of ether oxygens (including phenoxy) is 3. The van der Waals surface area contributed by atoms with Crippen molar-refractivity contribution in [2.75, 3.05) is 6.79 Å². The zero-order chi connectivity index (χ0) is 19.9. The number of carbonyl (C=O) groups is 3. The van der Waals surface area contributed by atoms with Crippen LogP contribution in [0.2, 0.25) is 0 Å². The fourth-order valence-electron chi connectivity index (χ4n) is 2.33. The molecule has 144 valence electrons. The molecule has 2 amide bonds. The monoisotopic (exact) mass is 382 g/mol. The van der Waals surface area contributed by atoms with Gasteiger partial charge in [-0.25, -0.2) is 4.79 Å². The molecule has 0 saturated heterocycles. The third-order valence-electron chi connectivity index (χ3n) is 3.81. The Morgan fingerprint density at radius 3 is 2.57 bits per heavy atom. The van der Waals surface area contributed by atoms with E-state index in [4.69, 9.17) is 14.2 Å². The predicted octanol–water partition coefficient (Wildman–Crippen LogP) is 1.82. The Kier molecular flexibility index (Phi) is 5.91. The number of hydrogen-bond acceptors (Lipinski definition) is 6. The van der Waals surface area contributed by atoms with Gasteiger partial charge in [0.1, 0.15) is 0 Å². The molecule has 2 aromatic rings. The number of benzene rings is 2. The Labute approximate surface area is 161 Å². The van der Waals surface area contributed by atoms with Crippen LogP contribution < -0.4 is 20.3 Å². The highest BCUT2D eigenvalue weighted by molar-refractivity contribution is 5.96. The lowest BCUT2D eigenvalue weighted by Crippen LogP contribution is -2.46. The lowest BCUT2D eigenvalue weighted by Gasteiger charge is -2.13. The lowest BCUT2D eigenvalue weighted by atomic mass is 10.2. The van der Waals surface area contributed by atoms with E-state index in [0.29, 0.717) is 22.6 Å². The fourth-order valence-corrected chi connectivity index (χ4v) is 2.33. The number of rotatable bonds is 5. The Balaban J connectivity index is 1.46. The molecule has 0 aliphatic carbocycles. The van der Waals surface area contributed by atoms with Crippen LogP contribution in [-0.2, 0) is 14.3 Å². The Morgan fingerprint density at radius 2 is 1.79 bits per heavy atom. The van der Waals surface area contributed by atoms with E-state index in [9.17, 15) is 14.4 Å². The van der Waals surface area contributed by atoms with Crippen LogP contribution >= 0.6 is 0 Å². The number of hydrogen-bond donors (Lipinski definition) is 2. The fraction of sp³-hybridized carbons (Fsp3) is 0.150. The van der Waals surface area contributed by atoms with Crippen molar-refractivity contribution in [3.05, 3.63) is 65.7 Å². The molecule has 0 unspecified atom stereocenters. The summed E-state index contributed by atoms with van der Waals surface area (Å²) in [6, 6.07) is 13.6. The molecule has 8 heteroatoms. The third kappa shape index (κ3) is 4.88. The van der Waals surface area contributed by atoms with E-state index in [1.54, 1.807) is 48.5 Å². The summed E-state index contributed by atoms with van der Waals surface area (Å²) >= 11 is 0. The molecule has 1 heterocycles. The van der Waals surface area contributed by atoms with E-state index in [0.717, 1.165) is 0 Å². The number of nitrogens with one attached hydrogen (secondary N) is 2. The molecule has 0 saturated carbocycles. The number of fused-ring (bicyclic) bond motifs is 1. The first-order valence-electron chi connectivity index (χ1n) is 8.46. The summed E-state index contributed by atoms with van der Waals surface area (Å²) in [5.41, 5.74) is 5.58. The van der Waals surface area contributed by atoms with Gasteiger partial charge in [0.2, 0.25) is 6.79 Å². The van der Waals surface area contributed by atoms with Gasteiger partial charge in [-0.15, -0.1) is 0 Å². The molecule has 1 atom stereocenters. The molecular formula is C20H18N2O6. The van der Waals surface area contributed by atoms with Crippen molar-refractivity contribution in [2.45, 2.75) is 13.0 Å². The summed E-state index contributed by atoms with van der Waals surface area (Å²) < 4.78 is 15.5. The highest BCUT2D eigenvalue weighted by Gasteiger charge is 2.17. The molecular weight excluding hydrogens is 364 g/mol. The largest absolute Gasteiger partial charge is 0.454 e. The SMILES string of the molecule is C[C@@H](OC(=O)/C=C/c1ccc2c(c1)OCO2)C(=O)NNC(=O)c1ccccc1. The summed E-state index contributed by atoms with van der Waals surface area (Å²) in [6.45, 7) is 1.56. The Bertz CT molecular complexity index is 910. The maximum Gasteiger partial charge on any atom is 0.331 e. The van der Waals surface area contributed by atoms with Crippen molar-refractivity contribution in [2.24, 2.45) is 0 Å². The van der Waals surface area contributed by atoms with Crippen LogP contribution in [0.15, 0.2) is 54.6 Å². The molecule has 2 aromatic carbocycles. The van der Waals surface area contributed by atoms with Gasteiger partial charge in [-0.05, 0) is 42.8 Å². The van der Waals surface area contributed by atoms with Crippen molar-refractivity contribution in [3.63, 3.8) is 0 Å². The van der Waals surface area contributed by atoms with Gasteiger partial charge in [0, 0.05) is 11.6 Å². The van der Waals surface area contributed by atoms with Gasteiger partial charge in [-0.1, -0.05) is 24.3 Å². The molecule has 0 radical (unpaired) electrons. The minimum atomic E-state index is -1.09. The van der Waals surface area contributed by atoms with Crippen molar-refractivity contribution >= 4 is 23.9 Å². The summed E-state index contributed by atoms with van der Waals surface area (Å²) in [5.74, 6) is -0.598. The van der Waals surface area contributed by atoms with E-state index in [-0.39, 0.29) is 6.79 Å². The predicted molar refractivity (Wildman–Crippen MR) is 99.2 cm³/mol. The van der Waals surface area contributed by atoms with Crippen molar-refractivity contribution in [1.82, 2.24) is 10.9 Å². The normalized spacial score (nSPS) is 13.0.